The third-order valence-corrected chi connectivity index (χ3v) is 4.48. The zero-order valence-electron chi connectivity index (χ0n) is 18.8. The Kier molecular flexibility index (Phi) is 8.88. The minimum atomic E-state index is -0.658. The Hall–Kier alpha value is -3.75. The van der Waals surface area contributed by atoms with Gasteiger partial charge in [-0.1, -0.05) is 0 Å². The average molecular weight is 445 g/mol. The summed E-state index contributed by atoms with van der Waals surface area (Å²) in [6.45, 7) is 5.00. The molecule has 0 atom stereocenters. The second-order valence-corrected chi connectivity index (χ2v) is 6.47. The fourth-order valence-corrected chi connectivity index (χ4v) is 2.97. The summed E-state index contributed by atoms with van der Waals surface area (Å²) in [7, 11) is 3.05. The molecule has 0 aliphatic heterocycles. The highest BCUT2D eigenvalue weighted by Gasteiger charge is 2.26. The fraction of sp³-hybridized carbons (Fsp3) is 0.348. The van der Waals surface area contributed by atoms with Gasteiger partial charge in [0, 0.05) is 11.6 Å². The molecular weight excluding hydrogens is 418 g/mol. The van der Waals surface area contributed by atoms with Crippen molar-refractivity contribution in [1.82, 2.24) is 4.98 Å². The summed E-state index contributed by atoms with van der Waals surface area (Å²) >= 11 is 0. The smallest absolute Gasteiger partial charge is 0.355 e. The van der Waals surface area contributed by atoms with Gasteiger partial charge in [-0.25, -0.2) is 14.4 Å². The lowest BCUT2D eigenvalue weighted by molar-refractivity contribution is -0.139. The van der Waals surface area contributed by atoms with Crippen molar-refractivity contribution in [2.75, 3.05) is 27.4 Å². The first-order chi connectivity index (χ1) is 15.4. The number of rotatable bonds is 10. The van der Waals surface area contributed by atoms with E-state index in [0.717, 1.165) is 0 Å². The van der Waals surface area contributed by atoms with Gasteiger partial charge in [0.1, 0.15) is 23.8 Å². The van der Waals surface area contributed by atoms with Crippen LogP contribution < -0.4 is 9.47 Å². The van der Waals surface area contributed by atoms with E-state index in [1.807, 2.05) is 0 Å². The van der Waals surface area contributed by atoms with E-state index in [9.17, 15) is 14.4 Å². The van der Waals surface area contributed by atoms with Crippen LogP contribution in [0.5, 0.6) is 11.5 Å². The molecule has 1 aromatic carbocycles. The SMILES string of the molecule is CCOC(=O)c1[nH]c(COC(=O)C=Cc2cc(OC)ccc2OC)c(C(=O)OCC)c1C. The number of hydrogen-bond donors (Lipinski definition) is 1. The Morgan fingerprint density at radius 1 is 0.969 bits per heavy atom. The van der Waals surface area contributed by atoms with Crippen LogP contribution in [0.3, 0.4) is 0 Å². The Labute approximate surface area is 186 Å². The Morgan fingerprint density at radius 2 is 1.66 bits per heavy atom. The summed E-state index contributed by atoms with van der Waals surface area (Å²) in [6.07, 6.45) is 2.75. The highest BCUT2D eigenvalue weighted by molar-refractivity contribution is 5.98. The van der Waals surface area contributed by atoms with Crippen molar-refractivity contribution in [2.24, 2.45) is 0 Å². The van der Waals surface area contributed by atoms with Gasteiger partial charge in [-0.15, -0.1) is 0 Å². The zero-order chi connectivity index (χ0) is 23.7. The standard InChI is InChI=1S/C23H27NO8/c1-6-30-22(26)20-14(3)21(23(27)31-7-2)24-17(20)13-32-19(25)11-8-15-12-16(28-4)9-10-18(15)29-5/h8-12,24H,6-7,13H2,1-5H3. The number of aromatic amines is 1. The van der Waals surface area contributed by atoms with Gasteiger partial charge in [0.15, 0.2) is 0 Å². The Morgan fingerprint density at radius 3 is 2.28 bits per heavy atom. The molecular formula is C23H27NO8. The molecule has 0 radical (unpaired) electrons. The zero-order valence-corrected chi connectivity index (χ0v) is 18.8. The van der Waals surface area contributed by atoms with Gasteiger partial charge in [-0.05, 0) is 50.6 Å². The minimum Gasteiger partial charge on any atom is -0.497 e. The topological polar surface area (TPSA) is 113 Å². The third kappa shape index (κ3) is 5.90. The highest BCUT2D eigenvalue weighted by Crippen LogP contribution is 2.25. The van der Waals surface area contributed by atoms with E-state index in [2.05, 4.69) is 4.98 Å². The van der Waals surface area contributed by atoms with E-state index in [1.165, 1.54) is 26.4 Å². The van der Waals surface area contributed by atoms with Gasteiger partial charge in [-0.2, -0.15) is 0 Å². The van der Waals surface area contributed by atoms with Gasteiger partial charge >= 0.3 is 17.9 Å². The number of carbonyl (C=O) groups is 3. The summed E-state index contributed by atoms with van der Waals surface area (Å²) in [5.41, 5.74) is 1.48. The van der Waals surface area contributed by atoms with Crippen LogP contribution in [0, 0.1) is 6.92 Å². The maximum Gasteiger partial charge on any atom is 0.355 e. The lowest BCUT2D eigenvalue weighted by Gasteiger charge is -2.07. The molecule has 1 aromatic heterocycles. The number of esters is 3. The van der Waals surface area contributed by atoms with E-state index in [4.69, 9.17) is 23.7 Å². The van der Waals surface area contributed by atoms with Crippen molar-refractivity contribution in [3.05, 3.63) is 52.4 Å². The van der Waals surface area contributed by atoms with Crippen LogP contribution in [0.25, 0.3) is 6.08 Å². The molecule has 0 unspecified atom stereocenters. The number of hydrogen-bond acceptors (Lipinski definition) is 8. The molecule has 1 heterocycles. The van der Waals surface area contributed by atoms with Crippen LogP contribution in [0.15, 0.2) is 24.3 Å². The Balaban J connectivity index is 2.21. The average Bonchev–Trinajstić information content (AvgIpc) is 3.12. The van der Waals surface area contributed by atoms with Crippen molar-refractivity contribution in [3.8, 4) is 11.5 Å². The van der Waals surface area contributed by atoms with Crippen molar-refractivity contribution >= 4 is 24.0 Å². The molecule has 9 nitrogen and oxygen atoms in total. The van der Waals surface area contributed by atoms with Crippen molar-refractivity contribution in [2.45, 2.75) is 27.4 Å². The van der Waals surface area contributed by atoms with Crippen LogP contribution in [0.2, 0.25) is 0 Å². The van der Waals surface area contributed by atoms with Gasteiger partial charge in [0.2, 0.25) is 0 Å². The van der Waals surface area contributed by atoms with E-state index < -0.39 is 17.9 Å². The van der Waals surface area contributed by atoms with E-state index in [1.54, 1.807) is 39.0 Å². The molecule has 1 N–H and O–H groups in total. The van der Waals surface area contributed by atoms with Crippen LogP contribution in [0.4, 0.5) is 0 Å². The number of H-pyrrole nitrogens is 1. The second kappa shape index (κ2) is 11.6. The van der Waals surface area contributed by atoms with E-state index in [0.29, 0.717) is 22.6 Å². The minimum absolute atomic E-state index is 0.109. The van der Waals surface area contributed by atoms with Crippen molar-refractivity contribution in [3.63, 3.8) is 0 Å². The quantitative estimate of drug-likeness (QED) is 0.336. The molecule has 172 valence electrons. The van der Waals surface area contributed by atoms with Gasteiger partial charge in [0.25, 0.3) is 0 Å². The first-order valence-electron chi connectivity index (χ1n) is 9.98. The lowest BCUT2D eigenvalue weighted by atomic mass is 10.1. The predicted molar refractivity (Wildman–Crippen MR) is 116 cm³/mol. The number of aromatic nitrogens is 1. The van der Waals surface area contributed by atoms with Gasteiger partial charge in [-0.3, -0.25) is 0 Å². The molecule has 0 spiro atoms. The van der Waals surface area contributed by atoms with Gasteiger partial charge < -0.3 is 28.7 Å². The highest BCUT2D eigenvalue weighted by atomic mass is 16.5. The summed E-state index contributed by atoms with van der Waals surface area (Å²) in [6, 6.07) is 5.16. The molecule has 9 heteroatoms. The summed E-state index contributed by atoms with van der Waals surface area (Å²) in [4.78, 5) is 39.7. The van der Waals surface area contributed by atoms with Gasteiger partial charge in [0.05, 0.1) is 38.7 Å². The molecule has 0 fully saturated rings. The molecule has 0 aliphatic rings. The molecule has 0 aliphatic carbocycles. The van der Waals surface area contributed by atoms with Crippen LogP contribution in [-0.4, -0.2) is 50.3 Å². The normalized spacial score (nSPS) is 10.7. The predicted octanol–water partition coefficient (Wildman–Crippen LogP) is 3.45. The number of carbonyl (C=O) groups excluding carboxylic acids is 3. The molecule has 0 bridgehead atoms. The molecule has 32 heavy (non-hydrogen) atoms. The lowest BCUT2D eigenvalue weighted by Crippen LogP contribution is -2.10. The molecule has 2 aromatic rings. The molecule has 2 rings (SSSR count). The maximum atomic E-state index is 12.4. The summed E-state index contributed by atoms with van der Waals surface area (Å²) in [5, 5.41) is 0. The number of nitrogens with one attached hydrogen (secondary N) is 1. The summed E-state index contributed by atoms with van der Waals surface area (Å²) in [5.74, 6) is -0.739. The maximum absolute atomic E-state index is 12.4. The third-order valence-electron chi connectivity index (χ3n) is 4.48. The number of benzene rings is 1. The van der Waals surface area contributed by atoms with E-state index in [-0.39, 0.29) is 36.8 Å². The first-order valence-corrected chi connectivity index (χ1v) is 9.98. The van der Waals surface area contributed by atoms with Crippen molar-refractivity contribution in [1.29, 1.82) is 0 Å². The molecule has 0 saturated heterocycles. The second-order valence-electron chi connectivity index (χ2n) is 6.47. The van der Waals surface area contributed by atoms with Crippen LogP contribution >= 0.6 is 0 Å². The van der Waals surface area contributed by atoms with E-state index >= 15 is 0 Å². The fourth-order valence-electron chi connectivity index (χ4n) is 2.97. The largest absolute Gasteiger partial charge is 0.497 e. The van der Waals surface area contributed by atoms with Crippen LogP contribution in [-0.2, 0) is 25.6 Å². The number of methoxy groups -OCH3 is 2. The van der Waals surface area contributed by atoms with Crippen molar-refractivity contribution < 1.29 is 38.1 Å². The number of ether oxygens (including phenoxy) is 5. The molecule has 0 saturated carbocycles. The molecule has 0 amide bonds. The monoisotopic (exact) mass is 445 g/mol. The first kappa shape index (κ1) is 24.5. The Bertz CT molecular complexity index is 1010. The summed E-state index contributed by atoms with van der Waals surface area (Å²) < 4.78 is 25.8. The van der Waals surface area contributed by atoms with Crippen LogP contribution in [0.1, 0.15) is 51.5 Å².